The van der Waals surface area contributed by atoms with Gasteiger partial charge in [0, 0.05) is 16.0 Å². The fourth-order valence-corrected chi connectivity index (χ4v) is 9.47. The highest BCUT2D eigenvalue weighted by Gasteiger charge is 2.50. The van der Waals surface area contributed by atoms with Crippen LogP contribution in [0, 0.1) is 0 Å². The smallest absolute Gasteiger partial charge is 0.258 e. The first-order valence-electron chi connectivity index (χ1n) is 11.6. The molecule has 4 aromatic rings. The second-order valence-electron chi connectivity index (χ2n) is 8.01. The van der Waals surface area contributed by atoms with E-state index >= 15 is 0 Å². The largest absolute Gasteiger partial charge is 0.292 e. The number of benzene rings is 4. The molecule has 4 rings (SSSR count). The van der Waals surface area contributed by atoms with Gasteiger partial charge in [-0.1, -0.05) is 73.1 Å². The summed E-state index contributed by atoms with van der Waals surface area (Å²) in [6.07, 6.45) is 1.05. The van der Waals surface area contributed by atoms with Crippen LogP contribution in [0.25, 0.3) is 0 Å². The first kappa shape index (κ1) is 25.3. The Kier molecular flexibility index (Phi) is 8.82. The summed E-state index contributed by atoms with van der Waals surface area (Å²) < 4.78 is 0. The summed E-state index contributed by atoms with van der Waals surface area (Å²) in [5.74, 6) is 0.829. The normalized spacial score (nSPS) is 11.8. The average Bonchev–Trinajstić information content (AvgIpc) is 2.91. The number of rotatable bonds is 9. The van der Waals surface area contributed by atoms with Crippen LogP contribution in [0.5, 0.6) is 0 Å². The van der Waals surface area contributed by atoms with E-state index in [9.17, 15) is 4.79 Å². The molecule has 0 aliphatic heterocycles. The molecule has 0 fully saturated rings. The zero-order valence-corrected chi connectivity index (χ0v) is 22.1. The van der Waals surface area contributed by atoms with Gasteiger partial charge in [-0.05, 0) is 72.8 Å². The second kappa shape index (κ2) is 12.2. The Morgan fingerprint density at radius 3 is 1.66 bits per heavy atom. The van der Waals surface area contributed by atoms with Crippen molar-refractivity contribution in [1.82, 2.24) is 5.32 Å². The molecule has 176 valence electrons. The molecule has 1 amide bonds. The zero-order valence-electron chi connectivity index (χ0n) is 19.6. The number of nitrogens with one attached hydrogen (secondary N) is 1. The highest BCUT2D eigenvalue weighted by atomic mass is 35.5. The van der Waals surface area contributed by atoms with Crippen LogP contribution < -0.4 is 21.2 Å². The van der Waals surface area contributed by atoms with Crippen molar-refractivity contribution in [3.63, 3.8) is 0 Å². The summed E-state index contributed by atoms with van der Waals surface area (Å²) in [5.41, 5.74) is 1.51. The number of halogens is 1. The molecule has 2 nitrogen and oxygen atoms in total. The van der Waals surface area contributed by atoms with Gasteiger partial charge in [0.2, 0.25) is 0 Å². The number of hydrogen-bond acceptors (Lipinski definition) is 2. The fourth-order valence-electron chi connectivity index (χ4n) is 4.06. The number of hydrogen-bond donors (Lipinski definition) is 1. The number of carbonyl (C=O) groups is 1. The molecule has 0 atom stereocenters. The topological polar surface area (TPSA) is 29.1 Å². The van der Waals surface area contributed by atoms with E-state index in [0.29, 0.717) is 10.6 Å². The van der Waals surface area contributed by atoms with E-state index < -0.39 is 7.26 Å². The molecule has 0 unspecified atom stereocenters. The SMILES string of the molecule is CCCS/C=C(\NC(=O)c1ccc(Cl)cc1)[P+](c1ccccc1)(c1ccccc1)c1ccccc1. The molecule has 0 aliphatic carbocycles. The van der Waals surface area contributed by atoms with Crippen molar-refractivity contribution in [1.29, 1.82) is 0 Å². The van der Waals surface area contributed by atoms with E-state index in [2.05, 4.69) is 90.4 Å². The van der Waals surface area contributed by atoms with Crippen LogP contribution in [0.4, 0.5) is 0 Å². The van der Waals surface area contributed by atoms with Crippen LogP contribution in [0.1, 0.15) is 23.7 Å². The van der Waals surface area contributed by atoms with Crippen molar-refractivity contribution in [3.05, 3.63) is 137 Å². The monoisotopic (exact) mass is 516 g/mol. The van der Waals surface area contributed by atoms with E-state index in [4.69, 9.17) is 11.6 Å². The van der Waals surface area contributed by atoms with Crippen LogP contribution in [0.15, 0.2) is 126 Å². The van der Waals surface area contributed by atoms with Gasteiger partial charge in [0.05, 0.1) is 0 Å². The highest BCUT2D eigenvalue weighted by Crippen LogP contribution is 2.61. The molecule has 0 spiro atoms. The fraction of sp³-hybridized carbons (Fsp3) is 0.100. The molecular weight excluding hydrogens is 489 g/mol. The van der Waals surface area contributed by atoms with Crippen LogP contribution in [0.2, 0.25) is 5.02 Å². The van der Waals surface area contributed by atoms with Crippen LogP contribution >= 0.6 is 30.6 Å². The summed E-state index contributed by atoms with van der Waals surface area (Å²) in [7, 11) is -2.41. The third-order valence-corrected chi connectivity index (χ3v) is 11.3. The summed E-state index contributed by atoms with van der Waals surface area (Å²) >= 11 is 7.82. The Balaban J connectivity index is 1.96. The van der Waals surface area contributed by atoms with Crippen LogP contribution in [-0.2, 0) is 0 Å². The lowest BCUT2D eigenvalue weighted by atomic mass is 10.2. The summed E-state index contributed by atoms with van der Waals surface area (Å²) in [6, 6.07) is 38.7. The molecule has 1 N–H and O–H groups in total. The lowest BCUT2D eigenvalue weighted by Crippen LogP contribution is -2.38. The van der Waals surface area contributed by atoms with E-state index in [1.165, 1.54) is 15.9 Å². The Hall–Kier alpha value is -2.84. The standard InChI is InChI=1S/C30H27ClNOPS/c1-2-22-35-23-29(32-30(33)24-18-20-25(31)21-19-24)34(26-12-6-3-7-13-26,27-14-8-4-9-15-27)28-16-10-5-11-17-28/h3-21,23H,2,22H2,1H3/p+1/b29-23+. The summed E-state index contributed by atoms with van der Waals surface area (Å²) in [4.78, 5) is 13.6. The predicted molar refractivity (Wildman–Crippen MR) is 155 cm³/mol. The third kappa shape index (κ3) is 5.70. The first-order valence-corrected chi connectivity index (χ1v) is 14.8. The molecule has 0 saturated heterocycles. The van der Waals surface area contributed by atoms with Crippen molar-refractivity contribution in [2.24, 2.45) is 0 Å². The van der Waals surface area contributed by atoms with Crippen molar-refractivity contribution < 1.29 is 4.79 Å². The van der Waals surface area contributed by atoms with Crippen molar-refractivity contribution in [3.8, 4) is 0 Å². The van der Waals surface area contributed by atoms with Gasteiger partial charge >= 0.3 is 0 Å². The number of amides is 1. The second-order valence-corrected chi connectivity index (χ2v) is 12.8. The van der Waals surface area contributed by atoms with E-state index in [0.717, 1.165) is 17.6 Å². The van der Waals surface area contributed by atoms with Gasteiger partial charge in [-0.15, -0.1) is 11.8 Å². The third-order valence-electron chi connectivity index (χ3n) is 5.66. The summed E-state index contributed by atoms with van der Waals surface area (Å²) in [6.45, 7) is 2.17. The maximum atomic E-state index is 13.6. The minimum absolute atomic E-state index is 0.141. The molecule has 0 radical (unpaired) electrons. The van der Waals surface area contributed by atoms with Gasteiger partial charge in [-0.2, -0.15) is 0 Å². The quantitative estimate of drug-likeness (QED) is 0.191. The van der Waals surface area contributed by atoms with Gasteiger partial charge < -0.3 is 0 Å². The van der Waals surface area contributed by atoms with Crippen molar-refractivity contribution >= 4 is 52.4 Å². The van der Waals surface area contributed by atoms with E-state index in [-0.39, 0.29) is 5.91 Å². The van der Waals surface area contributed by atoms with E-state index in [1.807, 2.05) is 18.2 Å². The molecule has 35 heavy (non-hydrogen) atoms. The summed E-state index contributed by atoms with van der Waals surface area (Å²) in [5, 5.41) is 9.70. The van der Waals surface area contributed by atoms with Gasteiger partial charge in [-0.25, -0.2) is 0 Å². The van der Waals surface area contributed by atoms with Crippen molar-refractivity contribution in [2.75, 3.05) is 5.75 Å². The first-order chi connectivity index (χ1) is 17.2. The maximum Gasteiger partial charge on any atom is 0.258 e. The van der Waals surface area contributed by atoms with Gasteiger partial charge in [0.25, 0.3) is 5.91 Å². The lowest BCUT2D eigenvalue weighted by molar-refractivity contribution is 0.0968. The maximum absolute atomic E-state index is 13.6. The number of carbonyl (C=O) groups excluding carboxylic acids is 1. The minimum Gasteiger partial charge on any atom is -0.292 e. The Morgan fingerprint density at radius 1 is 0.771 bits per heavy atom. The number of thioether (sulfide) groups is 1. The molecule has 5 heteroatoms. The predicted octanol–water partition coefficient (Wildman–Crippen LogP) is 7.01. The van der Waals surface area contributed by atoms with Gasteiger partial charge in [-0.3, -0.25) is 10.1 Å². The average molecular weight is 517 g/mol. The van der Waals surface area contributed by atoms with Crippen LogP contribution in [0.3, 0.4) is 0 Å². The van der Waals surface area contributed by atoms with E-state index in [1.54, 1.807) is 36.0 Å². The minimum atomic E-state index is -2.41. The molecule has 0 bridgehead atoms. The van der Waals surface area contributed by atoms with Gasteiger partial charge in [0.1, 0.15) is 15.9 Å². The highest BCUT2D eigenvalue weighted by molar-refractivity contribution is 8.04. The molecule has 0 aromatic heterocycles. The molecule has 0 heterocycles. The Morgan fingerprint density at radius 2 is 1.23 bits per heavy atom. The Labute approximate surface area is 217 Å². The zero-order chi connectivity index (χ0) is 24.5. The van der Waals surface area contributed by atoms with Crippen molar-refractivity contribution in [2.45, 2.75) is 13.3 Å². The molecule has 0 saturated carbocycles. The Bertz CT molecular complexity index is 1170. The lowest BCUT2D eigenvalue weighted by Gasteiger charge is -2.29. The molecule has 0 aliphatic rings. The molecule has 4 aromatic carbocycles. The van der Waals surface area contributed by atoms with Crippen LogP contribution in [-0.4, -0.2) is 11.7 Å². The van der Waals surface area contributed by atoms with Gasteiger partial charge in [0.15, 0.2) is 12.7 Å². The molecular formula is C30H28ClNOPS+.